The van der Waals surface area contributed by atoms with Gasteiger partial charge in [0.15, 0.2) is 0 Å². The topological polar surface area (TPSA) is 35.2 Å². The van der Waals surface area contributed by atoms with Crippen molar-refractivity contribution in [2.24, 2.45) is 5.73 Å². The Balaban J connectivity index is 0.00000112. The molecule has 2 N–H and O–H groups in total. The van der Waals surface area contributed by atoms with Crippen LogP contribution in [0.2, 0.25) is 0 Å². The quantitative estimate of drug-likeness (QED) is 0.805. The van der Waals surface area contributed by atoms with Crippen molar-refractivity contribution in [1.29, 1.82) is 0 Å². The Hall–Kier alpha value is -0.640. The van der Waals surface area contributed by atoms with Gasteiger partial charge in [-0.1, -0.05) is 18.2 Å². The molecule has 15 heavy (non-hydrogen) atoms. The first-order valence-corrected chi connectivity index (χ1v) is 4.84. The molecule has 0 spiro atoms. The highest BCUT2D eigenvalue weighted by Gasteiger charge is 2.31. The molecule has 0 saturated carbocycles. The Bertz CT molecular complexity index is 326. The minimum absolute atomic E-state index is 0. The molecule has 1 aliphatic heterocycles. The molecule has 0 aromatic heterocycles. The van der Waals surface area contributed by atoms with Gasteiger partial charge in [-0.3, -0.25) is 0 Å². The van der Waals surface area contributed by atoms with Gasteiger partial charge in [-0.25, -0.2) is 4.39 Å². The molecular weight excluding hydrogens is 217 g/mol. The van der Waals surface area contributed by atoms with E-state index >= 15 is 0 Å². The number of ether oxygens (including phenoxy) is 1. The molecule has 2 nitrogen and oxygen atoms in total. The second-order valence-electron chi connectivity index (χ2n) is 3.75. The molecule has 1 heterocycles. The number of hydrogen-bond acceptors (Lipinski definition) is 2. The summed E-state index contributed by atoms with van der Waals surface area (Å²) in [5.41, 5.74) is 6.24. The zero-order valence-electron chi connectivity index (χ0n) is 8.41. The van der Waals surface area contributed by atoms with E-state index in [9.17, 15) is 4.39 Å². The Morgan fingerprint density at radius 2 is 1.80 bits per heavy atom. The molecule has 0 radical (unpaired) electrons. The van der Waals surface area contributed by atoms with Crippen LogP contribution in [-0.2, 0) is 10.3 Å². The standard InChI is InChI=1S/C11H14FNO.ClH/c12-10-4-2-1-3-9(10)11(13)5-7-14-8-6-11;/h1-4H,5-8,13H2;1H. The highest BCUT2D eigenvalue weighted by Crippen LogP contribution is 2.30. The normalized spacial score (nSPS) is 19.3. The van der Waals surface area contributed by atoms with Gasteiger partial charge in [0, 0.05) is 24.3 Å². The Labute approximate surface area is 95.0 Å². The first-order valence-electron chi connectivity index (χ1n) is 4.84. The van der Waals surface area contributed by atoms with E-state index in [2.05, 4.69) is 0 Å². The van der Waals surface area contributed by atoms with Gasteiger partial charge < -0.3 is 10.5 Å². The minimum atomic E-state index is -0.538. The summed E-state index contributed by atoms with van der Waals surface area (Å²) in [6.07, 6.45) is 1.38. The SMILES string of the molecule is Cl.NC1(c2ccccc2F)CCOCC1. The van der Waals surface area contributed by atoms with Crippen LogP contribution >= 0.6 is 12.4 Å². The fraction of sp³-hybridized carbons (Fsp3) is 0.455. The third kappa shape index (κ3) is 2.48. The van der Waals surface area contributed by atoms with E-state index in [0.717, 1.165) is 0 Å². The van der Waals surface area contributed by atoms with Crippen LogP contribution in [0.4, 0.5) is 4.39 Å². The molecule has 2 rings (SSSR count). The first-order chi connectivity index (χ1) is 6.72. The van der Waals surface area contributed by atoms with E-state index in [0.29, 0.717) is 31.6 Å². The zero-order valence-corrected chi connectivity index (χ0v) is 9.23. The number of hydrogen-bond donors (Lipinski definition) is 1. The predicted octanol–water partition coefficient (Wildman–Crippen LogP) is 2.21. The summed E-state index contributed by atoms with van der Waals surface area (Å²) in [6.45, 7) is 1.23. The lowest BCUT2D eigenvalue weighted by Gasteiger charge is -2.33. The number of rotatable bonds is 1. The van der Waals surface area contributed by atoms with Gasteiger partial charge in [-0.05, 0) is 18.9 Å². The van der Waals surface area contributed by atoms with Crippen LogP contribution in [0.3, 0.4) is 0 Å². The van der Waals surface area contributed by atoms with Crippen LogP contribution in [-0.4, -0.2) is 13.2 Å². The Kier molecular flexibility index (Phi) is 4.08. The third-order valence-corrected chi connectivity index (χ3v) is 2.80. The molecule has 1 aromatic carbocycles. The molecule has 0 bridgehead atoms. The summed E-state index contributed by atoms with van der Waals surface area (Å²) in [6, 6.07) is 6.73. The lowest BCUT2D eigenvalue weighted by molar-refractivity contribution is 0.0510. The molecule has 0 unspecified atom stereocenters. The zero-order chi connectivity index (χ0) is 10.0. The van der Waals surface area contributed by atoms with Gasteiger partial charge >= 0.3 is 0 Å². The second kappa shape index (κ2) is 4.92. The lowest BCUT2D eigenvalue weighted by Crippen LogP contribution is -2.42. The van der Waals surface area contributed by atoms with Crippen LogP contribution in [0.15, 0.2) is 24.3 Å². The molecular formula is C11H15ClFNO. The maximum Gasteiger partial charge on any atom is 0.128 e. The Morgan fingerprint density at radius 3 is 2.40 bits per heavy atom. The van der Waals surface area contributed by atoms with Crippen molar-refractivity contribution in [3.8, 4) is 0 Å². The van der Waals surface area contributed by atoms with Crippen molar-refractivity contribution in [2.45, 2.75) is 18.4 Å². The lowest BCUT2D eigenvalue weighted by atomic mass is 9.83. The molecule has 0 aliphatic carbocycles. The monoisotopic (exact) mass is 231 g/mol. The fourth-order valence-electron chi connectivity index (χ4n) is 1.87. The number of nitrogens with two attached hydrogens (primary N) is 1. The largest absolute Gasteiger partial charge is 0.381 e. The van der Waals surface area contributed by atoms with Crippen molar-refractivity contribution >= 4 is 12.4 Å². The van der Waals surface area contributed by atoms with Crippen molar-refractivity contribution < 1.29 is 9.13 Å². The van der Waals surface area contributed by atoms with Gasteiger partial charge in [0.2, 0.25) is 0 Å². The Morgan fingerprint density at radius 1 is 1.20 bits per heavy atom. The van der Waals surface area contributed by atoms with Crippen LogP contribution in [0, 0.1) is 5.82 Å². The van der Waals surface area contributed by atoms with E-state index in [1.807, 2.05) is 6.07 Å². The summed E-state index contributed by atoms with van der Waals surface area (Å²) in [5, 5.41) is 0. The number of benzene rings is 1. The summed E-state index contributed by atoms with van der Waals surface area (Å²) in [7, 11) is 0. The van der Waals surface area contributed by atoms with Gasteiger partial charge in [-0.2, -0.15) is 0 Å². The van der Waals surface area contributed by atoms with Gasteiger partial charge in [0.05, 0.1) is 0 Å². The summed E-state index contributed by atoms with van der Waals surface area (Å²) >= 11 is 0. The molecule has 84 valence electrons. The van der Waals surface area contributed by atoms with E-state index in [4.69, 9.17) is 10.5 Å². The average Bonchev–Trinajstić information content (AvgIpc) is 2.19. The molecule has 1 aromatic rings. The maximum absolute atomic E-state index is 13.5. The summed E-state index contributed by atoms with van der Waals surface area (Å²) in [5.74, 6) is -0.211. The van der Waals surface area contributed by atoms with Crippen molar-refractivity contribution in [1.82, 2.24) is 0 Å². The van der Waals surface area contributed by atoms with Crippen LogP contribution < -0.4 is 5.73 Å². The molecule has 4 heteroatoms. The van der Waals surface area contributed by atoms with Gasteiger partial charge in [-0.15, -0.1) is 12.4 Å². The van der Waals surface area contributed by atoms with Gasteiger partial charge in [0.1, 0.15) is 5.82 Å². The van der Waals surface area contributed by atoms with Crippen molar-refractivity contribution in [3.63, 3.8) is 0 Å². The van der Waals surface area contributed by atoms with E-state index < -0.39 is 5.54 Å². The smallest absolute Gasteiger partial charge is 0.128 e. The van der Waals surface area contributed by atoms with E-state index in [1.54, 1.807) is 12.1 Å². The minimum Gasteiger partial charge on any atom is -0.381 e. The predicted molar refractivity (Wildman–Crippen MR) is 59.6 cm³/mol. The molecule has 0 atom stereocenters. The van der Waals surface area contributed by atoms with E-state index in [1.165, 1.54) is 6.07 Å². The first kappa shape index (κ1) is 12.4. The summed E-state index contributed by atoms with van der Waals surface area (Å²) < 4.78 is 18.7. The molecule has 1 aliphatic rings. The van der Waals surface area contributed by atoms with Crippen molar-refractivity contribution in [3.05, 3.63) is 35.6 Å². The molecule has 0 amide bonds. The van der Waals surface area contributed by atoms with Crippen molar-refractivity contribution in [2.75, 3.05) is 13.2 Å². The van der Waals surface area contributed by atoms with Crippen LogP contribution in [0.1, 0.15) is 18.4 Å². The van der Waals surface area contributed by atoms with Gasteiger partial charge in [0.25, 0.3) is 0 Å². The third-order valence-electron chi connectivity index (χ3n) is 2.80. The maximum atomic E-state index is 13.5. The molecule has 1 fully saturated rings. The highest BCUT2D eigenvalue weighted by atomic mass is 35.5. The summed E-state index contributed by atoms with van der Waals surface area (Å²) in [4.78, 5) is 0. The number of halogens is 2. The second-order valence-corrected chi connectivity index (χ2v) is 3.75. The van der Waals surface area contributed by atoms with E-state index in [-0.39, 0.29) is 18.2 Å². The van der Waals surface area contributed by atoms with Crippen LogP contribution in [0.25, 0.3) is 0 Å². The van der Waals surface area contributed by atoms with Crippen LogP contribution in [0.5, 0.6) is 0 Å². The molecule has 1 saturated heterocycles. The average molecular weight is 232 g/mol. The highest BCUT2D eigenvalue weighted by molar-refractivity contribution is 5.85. The fourth-order valence-corrected chi connectivity index (χ4v) is 1.87.